The lowest BCUT2D eigenvalue weighted by atomic mass is 10.5. The molecule has 0 saturated heterocycles. The maximum atomic E-state index is 10.2. The van der Waals surface area contributed by atoms with Gasteiger partial charge in [0.2, 0.25) is 0 Å². The molecule has 56 valence electrons. The molecule has 4 nitrogen and oxygen atoms in total. The second kappa shape index (κ2) is 3.66. The number of rotatable bonds is 3. The van der Waals surface area contributed by atoms with Gasteiger partial charge in [0.05, 0.1) is 14.1 Å². The molecule has 0 aromatic carbocycles. The quantitative estimate of drug-likeness (QED) is 0.333. The summed E-state index contributed by atoms with van der Waals surface area (Å²) in [5.74, 6) is 0.0370. The highest BCUT2D eigenvalue weighted by Crippen LogP contribution is 1.97. The lowest BCUT2D eigenvalue weighted by Gasteiger charge is -2.06. The smallest absolute Gasteiger partial charge is 0.317 e. The molecule has 4 heteroatoms. The minimum atomic E-state index is -0.457. The first-order valence-electron chi connectivity index (χ1n) is 2.74. The van der Waals surface area contributed by atoms with Crippen molar-refractivity contribution in [1.82, 2.24) is 4.90 Å². The summed E-state index contributed by atoms with van der Waals surface area (Å²) in [7, 11) is 3.22. The molecule has 0 atom stereocenters. The second-order valence-corrected chi connectivity index (χ2v) is 1.91. The van der Waals surface area contributed by atoms with E-state index in [4.69, 9.17) is 0 Å². The van der Waals surface area contributed by atoms with E-state index in [1.807, 2.05) is 0 Å². The first kappa shape index (κ1) is 8.68. The Morgan fingerprint density at radius 2 is 2.20 bits per heavy atom. The van der Waals surface area contributed by atoms with Crippen molar-refractivity contribution in [2.24, 2.45) is 0 Å². The lowest BCUT2D eigenvalue weighted by Crippen LogP contribution is -2.17. The zero-order valence-electron chi connectivity index (χ0n) is 6.07. The largest absolute Gasteiger partial charge is 0.358 e. The first-order valence-corrected chi connectivity index (χ1v) is 2.74. The van der Waals surface area contributed by atoms with Crippen LogP contribution in [0.15, 0.2) is 24.6 Å². The molecule has 0 saturated carbocycles. The minimum Gasteiger partial charge on any atom is -0.358 e. The molecule has 0 aromatic heterocycles. The Morgan fingerprint density at radius 1 is 1.70 bits per heavy atom. The van der Waals surface area contributed by atoms with Crippen molar-refractivity contribution in [1.29, 1.82) is 0 Å². The van der Waals surface area contributed by atoms with Gasteiger partial charge in [-0.3, -0.25) is 4.90 Å². The van der Waals surface area contributed by atoms with Gasteiger partial charge in [-0.15, -0.1) is 0 Å². The van der Waals surface area contributed by atoms with Crippen LogP contribution in [0.2, 0.25) is 0 Å². The average molecular weight is 142 g/mol. The molecule has 0 heterocycles. The van der Waals surface area contributed by atoms with E-state index in [0.29, 0.717) is 0 Å². The van der Waals surface area contributed by atoms with E-state index in [0.717, 1.165) is 0 Å². The van der Waals surface area contributed by atoms with Gasteiger partial charge in [0.1, 0.15) is 0 Å². The molecule has 0 aliphatic rings. The number of hydrogen-bond acceptors (Lipinski definition) is 3. The van der Waals surface area contributed by atoms with Crippen LogP contribution in [0.5, 0.6) is 0 Å². The Kier molecular flexibility index (Phi) is 3.17. The molecular formula is C6H10N2O2. The third-order valence-corrected chi connectivity index (χ3v) is 0.912. The molecule has 0 spiro atoms. The number of hydrogen-bond donors (Lipinski definition) is 0. The molecule has 0 radical (unpaired) electrons. The molecule has 10 heavy (non-hydrogen) atoms. The van der Waals surface area contributed by atoms with Gasteiger partial charge in [-0.25, -0.2) is 0 Å². The molecule has 0 aliphatic heterocycles. The van der Waals surface area contributed by atoms with Crippen LogP contribution in [0, 0.1) is 10.1 Å². The van der Waals surface area contributed by atoms with Gasteiger partial charge in [0.15, 0.2) is 0 Å². The fourth-order valence-corrected chi connectivity index (χ4v) is 0.479. The van der Waals surface area contributed by atoms with Gasteiger partial charge < -0.3 is 10.1 Å². The van der Waals surface area contributed by atoms with Crippen LogP contribution in [0.3, 0.4) is 0 Å². The molecule has 0 N–H and O–H groups in total. The third-order valence-electron chi connectivity index (χ3n) is 0.912. The fraction of sp³-hybridized carbons (Fsp3) is 0.333. The summed E-state index contributed by atoms with van der Waals surface area (Å²) >= 11 is 0. The Morgan fingerprint density at radius 3 is 2.30 bits per heavy atom. The molecule has 0 aliphatic carbocycles. The van der Waals surface area contributed by atoms with Gasteiger partial charge >= 0.3 is 5.82 Å². The molecule has 0 unspecified atom stereocenters. The topological polar surface area (TPSA) is 46.4 Å². The molecule has 0 rings (SSSR count). The van der Waals surface area contributed by atoms with Crippen molar-refractivity contribution in [3.63, 3.8) is 0 Å². The van der Waals surface area contributed by atoms with Crippen molar-refractivity contribution in [3.8, 4) is 0 Å². The van der Waals surface area contributed by atoms with Crippen molar-refractivity contribution in [2.75, 3.05) is 14.1 Å². The average Bonchev–Trinajstić information content (AvgIpc) is 1.81. The van der Waals surface area contributed by atoms with Crippen LogP contribution in [0.25, 0.3) is 0 Å². The fourth-order valence-electron chi connectivity index (χ4n) is 0.479. The van der Waals surface area contributed by atoms with Crippen molar-refractivity contribution in [3.05, 3.63) is 34.7 Å². The zero-order valence-corrected chi connectivity index (χ0v) is 6.07. The number of nitro groups is 1. The molecule has 0 amide bonds. The first-order chi connectivity index (χ1) is 4.59. The summed E-state index contributed by atoms with van der Waals surface area (Å²) in [6.45, 7) is 3.36. The molecule has 0 fully saturated rings. The SMILES string of the molecule is C=C/C=C(/N(C)C)[N+](=O)[O-]. The van der Waals surface area contributed by atoms with Crippen LogP contribution in [-0.4, -0.2) is 23.9 Å². The third kappa shape index (κ3) is 2.30. The van der Waals surface area contributed by atoms with E-state index in [9.17, 15) is 10.1 Å². The highest BCUT2D eigenvalue weighted by molar-refractivity contribution is 5.01. The monoisotopic (exact) mass is 142 g/mol. The maximum absolute atomic E-state index is 10.2. The van der Waals surface area contributed by atoms with Gasteiger partial charge in [-0.1, -0.05) is 12.7 Å². The van der Waals surface area contributed by atoms with Gasteiger partial charge in [-0.2, -0.15) is 0 Å². The molecule has 0 aromatic rings. The Bertz CT molecular complexity index is 173. The van der Waals surface area contributed by atoms with Gasteiger partial charge in [0, 0.05) is 6.08 Å². The summed E-state index contributed by atoms with van der Waals surface area (Å²) in [5.41, 5.74) is 0. The zero-order chi connectivity index (χ0) is 8.15. The molecular weight excluding hydrogens is 132 g/mol. The Labute approximate surface area is 59.6 Å². The highest BCUT2D eigenvalue weighted by Gasteiger charge is 2.08. The van der Waals surface area contributed by atoms with E-state index in [-0.39, 0.29) is 5.82 Å². The van der Waals surface area contributed by atoms with E-state index in [1.54, 1.807) is 14.1 Å². The van der Waals surface area contributed by atoms with Crippen molar-refractivity contribution in [2.45, 2.75) is 0 Å². The van der Waals surface area contributed by atoms with Gasteiger partial charge in [0.25, 0.3) is 0 Å². The lowest BCUT2D eigenvalue weighted by molar-refractivity contribution is -0.443. The van der Waals surface area contributed by atoms with E-state index < -0.39 is 4.92 Å². The summed E-state index contributed by atoms with van der Waals surface area (Å²) in [6.07, 6.45) is 2.73. The van der Waals surface area contributed by atoms with E-state index in [2.05, 4.69) is 6.58 Å². The van der Waals surface area contributed by atoms with Gasteiger partial charge in [-0.05, 0) is 4.92 Å². The second-order valence-electron chi connectivity index (χ2n) is 1.91. The number of allylic oxidation sites excluding steroid dienone is 2. The normalized spacial score (nSPS) is 10.8. The summed E-state index contributed by atoms with van der Waals surface area (Å²) < 4.78 is 0. The maximum Gasteiger partial charge on any atom is 0.317 e. The van der Waals surface area contributed by atoms with Crippen LogP contribution in [-0.2, 0) is 0 Å². The van der Waals surface area contributed by atoms with Crippen molar-refractivity contribution < 1.29 is 4.92 Å². The van der Waals surface area contributed by atoms with Crippen LogP contribution >= 0.6 is 0 Å². The van der Waals surface area contributed by atoms with Crippen LogP contribution < -0.4 is 0 Å². The Balaban J connectivity index is 4.41. The van der Waals surface area contributed by atoms with Crippen LogP contribution in [0.4, 0.5) is 0 Å². The summed E-state index contributed by atoms with van der Waals surface area (Å²) in [5, 5.41) is 10.2. The Hall–Kier alpha value is -1.32. The minimum absolute atomic E-state index is 0.0370. The predicted molar refractivity (Wildman–Crippen MR) is 39.0 cm³/mol. The van der Waals surface area contributed by atoms with Crippen molar-refractivity contribution >= 4 is 0 Å². The van der Waals surface area contributed by atoms with E-state index >= 15 is 0 Å². The number of nitrogens with zero attached hydrogens (tertiary/aromatic N) is 2. The summed E-state index contributed by atoms with van der Waals surface area (Å²) in [6, 6.07) is 0. The predicted octanol–water partition coefficient (Wildman–Crippen LogP) is 0.852. The summed E-state index contributed by atoms with van der Waals surface area (Å²) in [4.78, 5) is 11.1. The molecule has 0 bridgehead atoms. The highest BCUT2D eigenvalue weighted by atomic mass is 16.6. The van der Waals surface area contributed by atoms with Crippen LogP contribution in [0.1, 0.15) is 0 Å². The van der Waals surface area contributed by atoms with E-state index in [1.165, 1.54) is 17.1 Å². The standard InChI is InChI=1S/C6H10N2O2/c1-4-5-6(7(2)3)8(9)10/h4-5H,1H2,2-3H3/b6-5-.